The summed E-state index contributed by atoms with van der Waals surface area (Å²) in [6.07, 6.45) is 2.34. The number of fused-ring (bicyclic) bond motifs is 1. The van der Waals surface area contributed by atoms with Gasteiger partial charge < -0.3 is 9.72 Å². The van der Waals surface area contributed by atoms with Gasteiger partial charge in [0.15, 0.2) is 11.7 Å². The summed E-state index contributed by atoms with van der Waals surface area (Å²) in [5.74, 6) is 0.743. The molecule has 24 heavy (non-hydrogen) atoms. The van der Waals surface area contributed by atoms with Crippen molar-refractivity contribution in [2.75, 3.05) is 0 Å². The summed E-state index contributed by atoms with van der Waals surface area (Å²) in [6.45, 7) is 2.53. The molecule has 0 aliphatic rings. The Hall–Kier alpha value is -2.88. The normalized spacial score (nSPS) is 10.7. The molecule has 0 aliphatic heterocycles. The van der Waals surface area contributed by atoms with Crippen LogP contribution in [0, 0.1) is 0 Å². The Balaban J connectivity index is 2.05. The molecule has 0 saturated heterocycles. The van der Waals surface area contributed by atoms with Gasteiger partial charge in [0.1, 0.15) is 12.4 Å². The highest BCUT2D eigenvalue weighted by Crippen LogP contribution is 2.27. The third-order valence-corrected chi connectivity index (χ3v) is 3.96. The Morgan fingerprint density at radius 1 is 1.12 bits per heavy atom. The topological polar surface area (TPSA) is 59.2 Å². The van der Waals surface area contributed by atoms with E-state index in [1.54, 1.807) is 6.07 Å². The molecule has 0 spiro atoms. The van der Waals surface area contributed by atoms with E-state index in [1.165, 1.54) is 6.07 Å². The van der Waals surface area contributed by atoms with Crippen LogP contribution < -0.4 is 10.2 Å². The lowest BCUT2D eigenvalue weighted by Crippen LogP contribution is -2.08. The Morgan fingerprint density at radius 3 is 2.62 bits per heavy atom. The number of H-pyrrole nitrogens is 1. The predicted octanol–water partition coefficient (Wildman–Crippen LogP) is 3.87. The highest BCUT2D eigenvalue weighted by atomic mass is 16.5. The van der Waals surface area contributed by atoms with Crippen LogP contribution >= 0.6 is 0 Å². The summed E-state index contributed by atoms with van der Waals surface area (Å²) >= 11 is 0. The van der Waals surface area contributed by atoms with Crippen molar-refractivity contribution in [1.82, 2.24) is 4.98 Å². The van der Waals surface area contributed by atoms with Gasteiger partial charge in [-0.3, -0.25) is 9.59 Å². The molecule has 4 heteroatoms. The Labute approximate surface area is 140 Å². The first-order chi connectivity index (χ1) is 11.7. The molecule has 0 unspecified atom stereocenters. The quantitative estimate of drug-likeness (QED) is 0.701. The molecule has 0 atom stereocenters. The molecule has 1 N–H and O–H groups in total. The van der Waals surface area contributed by atoms with Crippen molar-refractivity contribution in [3.63, 3.8) is 0 Å². The second-order valence-electron chi connectivity index (χ2n) is 5.70. The van der Waals surface area contributed by atoms with E-state index in [9.17, 15) is 9.59 Å². The number of nitrogens with one attached hydrogen (secondary N) is 1. The summed E-state index contributed by atoms with van der Waals surface area (Å²) < 4.78 is 5.99. The molecule has 0 amide bonds. The maximum Gasteiger partial charge on any atom is 0.190 e. The fourth-order valence-electron chi connectivity index (χ4n) is 2.81. The zero-order valence-electron chi connectivity index (χ0n) is 13.5. The molecule has 0 fully saturated rings. The smallest absolute Gasteiger partial charge is 0.190 e. The van der Waals surface area contributed by atoms with Crippen molar-refractivity contribution in [2.45, 2.75) is 26.4 Å². The largest absolute Gasteiger partial charge is 0.489 e. The Kier molecular flexibility index (Phi) is 4.75. The number of hydrogen-bond acceptors (Lipinski definition) is 3. The van der Waals surface area contributed by atoms with Crippen molar-refractivity contribution in [2.24, 2.45) is 0 Å². The number of rotatable bonds is 6. The molecule has 3 aromatic rings. The van der Waals surface area contributed by atoms with Gasteiger partial charge in [-0.1, -0.05) is 43.7 Å². The van der Waals surface area contributed by atoms with Crippen LogP contribution in [0.1, 0.15) is 35.0 Å². The first kappa shape index (κ1) is 16.0. The van der Waals surface area contributed by atoms with Crippen LogP contribution in [0.15, 0.2) is 53.3 Å². The van der Waals surface area contributed by atoms with E-state index >= 15 is 0 Å². The Bertz CT molecular complexity index is 913. The number of aldehydes is 1. The minimum Gasteiger partial charge on any atom is -0.489 e. The molecule has 4 nitrogen and oxygen atoms in total. The second kappa shape index (κ2) is 7.13. The van der Waals surface area contributed by atoms with Crippen LogP contribution in [0.3, 0.4) is 0 Å². The lowest BCUT2D eigenvalue weighted by atomic mass is 10.0. The average molecular weight is 321 g/mol. The van der Waals surface area contributed by atoms with Crippen molar-refractivity contribution in [3.8, 4) is 5.75 Å². The van der Waals surface area contributed by atoms with E-state index in [0.29, 0.717) is 23.8 Å². The molecule has 2 aromatic carbocycles. The van der Waals surface area contributed by atoms with E-state index < -0.39 is 0 Å². The van der Waals surface area contributed by atoms with Gasteiger partial charge in [0, 0.05) is 17.0 Å². The summed E-state index contributed by atoms with van der Waals surface area (Å²) in [7, 11) is 0. The number of benzene rings is 2. The average Bonchev–Trinajstić information content (AvgIpc) is 2.62. The summed E-state index contributed by atoms with van der Waals surface area (Å²) in [6, 6.07) is 14.8. The van der Waals surface area contributed by atoms with Crippen LogP contribution in [0.2, 0.25) is 0 Å². The summed E-state index contributed by atoms with van der Waals surface area (Å²) in [5.41, 5.74) is 2.83. The van der Waals surface area contributed by atoms with Gasteiger partial charge in [-0.05, 0) is 24.1 Å². The number of hydrogen-bond donors (Lipinski definition) is 1. The number of pyridine rings is 1. The van der Waals surface area contributed by atoms with Gasteiger partial charge in [0.2, 0.25) is 0 Å². The Morgan fingerprint density at radius 2 is 1.92 bits per heavy atom. The molecule has 1 heterocycles. The van der Waals surface area contributed by atoms with Crippen molar-refractivity contribution >= 4 is 17.2 Å². The zero-order chi connectivity index (χ0) is 16.9. The molecule has 0 aliphatic carbocycles. The highest BCUT2D eigenvalue weighted by molar-refractivity contribution is 5.87. The minimum atomic E-state index is -0.155. The summed E-state index contributed by atoms with van der Waals surface area (Å²) in [5, 5.41) is 0.580. The van der Waals surface area contributed by atoms with Gasteiger partial charge in [-0.25, -0.2) is 0 Å². The molecular weight excluding hydrogens is 302 g/mol. The molecule has 122 valence electrons. The first-order valence-corrected chi connectivity index (χ1v) is 8.03. The summed E-state index contributed by atoms with van der Waals surface area (Å²) in [4.78, 5) is 26.3. The van der Waals surface area contributed by atoms with Crippen molar-refractivity contribution in [3.05, 3.63) is 75.6 Å². The van der Waals surface area contributed by atoms with Gasteiger partial charge in [-0.15, -0.1) is 0 Å². The lowest BCUT2D eigenvalue weighted by molar-refractivity contribution is 0.111. The van der Waals surface area contributed by atoms with Gasteiger partial charge >= 0.3 is 0 Å². The number of aromatic amines is 1. The van der Waals surface area contributed by atoms with E-state index in [1.807, 2.05) is 36.4 Å². The van der Waals surface area contributed by atoms with Crippen LogP contribution in [0.25, 0.3) is 10.9 Å². The molecule has 1 aromatic heterocycles. The fourth-order valence-corrected chi connectivity index (χ4v) is 2.81. The van der Waals surface area contributed by atoms with E-state index in [2.05, 4.69) is 11.9 Å². The zero-order valence-corrected chi connectivity index (χ0v) is 13.5. The minimum absolute atomic E-state index is 0.155. The molecule has 0 bridgehead atoms. The molecular formula is C20H19NO3. The van der Waals surface area contributed by atoms with E-state index in [0.717, 1.165) is 29.7 Å². The van der Waals surface area contributed by atoms with Crippen LogP contribution in [0.5, 0.6) is 5.75 Å². The van der Waals surface area contributed by atoms with Crippen molar-refractivity contribution < 1.29 is 9.53 Å². The van der Waals surface area contributed by atoms with E-state index in [4.69, 9.17) is 4.74 Å². The number of aromatic nitrogens is 1. The third kappa shape index (κ3) is 3.23. The third-order valence-electron chi connectivity index (χ3n) is 3.96. The first-order valence-electron chi connectivity index (χ1n) is 8.03. The van der Waals surface area contributed by atoms with Crippen LogP contribution in [-0.2, 0) is 13.0 Å². The number of ether oxygens (including phenoxy) is 1. The number of carbonyl (C=O) groups is 1. The van der Waals surface area contributed by atoms with Crippen LogP contribution in [-0.4, -0.2) is 11.3 Å². The standard InChI is InChI=1S/C20H19NO3/c1-2-6-17-19(24-13-14-7-4-3-5-8-14)10-9-16-18(23)11-15(12-22)21-20(16)17/h3-5,7-12H,2,6,13H2,1H3,(H,21,23). The second-order valence-corrected chi connectivity index (χ2v) is 5.70. The lowest BCUT2D eigenvalue weighted by Gasteiger charge is -2.14. The SMILES string of the molecule is CCCc1c(OCc2ccccc2)ccc2c(=O)cc(C=O)[nH]c12. The molecule has 0 radical (unpaired) electrons. The monoisotopic (exact) mass is 321 g/mol. The van der Waals surface area contributed by atoms with Gasteiger partial charge in [-0.2, -0.15) is 0 Å². The van der Waals surface area contributed by atoms with Gasteiger partial charge in [0.05, 0.1) is 11.2 Å². The fraction of sp³-hybridized carbons (Fsp3) is 0.200. The van der Waals surface area contributed by atoms with E-state index in [-0.39, 0.29) is 11.1 Å². The van der Waals surface area contributed by atoms with Crippen molar-refractivity contribution in [1.29, 1.82) is 0 Å². The van der Waals surface area contributed by atoms with Crippen LogP contribution in [0.4, 0.5) is 0 Å². The highest BCUT2D eigenvalue weighted by Gasteiger charge is 2.12. The molecule has 0 saturated carbocycles. The predicted molar refractivity (Wildman–Crippen MR) is 94.7 cm³/mol. The molecule has 3 rings (SSSR count). The maximum atomic E-state index is 12.2. The number of carbonyl (C=O) groups excluding carboxylic acids is 1. The maximum absolute atomic E-state index is 12.2. The van der Waals surface area contributed by atoms with Gasteiger partial charge in [0.25, 0.3) is 0 Å². The number of aryl methyl sites for hydroxylation is 1.